The number of thiophene rings is 1. The molecule has 0 saturated heterocycles. The first-order chi connectivity index (χ1) is 22.0. The number of aromatic nitrogens is 2. The number of Topliss-reactive ketones (excluding diaryl/α,β-unsaturated/α-hetero) is 1. The lowest BCUT2D eigenvalue weighted by atomic mass is 9.83. The maximum Gasteiger partial charge on any atom is 0.345 e. The van der Waals surface area contributed by atoms with E-state index in [1.54, 1.807) is 13.2 Å². The van der Waals surface area contributed by atoms with Crippen LogP contribution in [0, 0.1) is 5.92 Å². The smallest absolute Gasteiger partial charge is 0.345 e. The van der Waals surface area contributed by atoms with Gasteiger partial charge < -0.3 is 14.4 Å². The molecule has 2 fully saturated rings. The van der Waals surface area contributed by atoms with Gasteiger partial charge in [0.05, 0.1) is 40.8 Å². The molecule has 0 aliphatic heterocycles. The van der Waals surface area contributed by atoms with Crippen LogP contribution in [0.3, 0.4) is 0 Å². The zero-order valence-electron chi connectivity index (χ0n) is 25.9. The second-order valence-electron chi connectivity index (χ2n) is 12.9. The summed E-state index contributed by atoms with van der Waals surface area (Å²) in [6.45, 7) is 0.275. The average Bonchev–Trinajstić information content (AvgIpc) is 3.63. The van der Waals surface area contributed by atoms with Crippen LogP contribution in [0.4, 0.5) is 0 Å². The molecule has 2 saturated carbocycles. The summed E-state index contributed by atoms with van der Waals surface area (Å²) in [6, 6.07) is 20.3. The van der Waals surface area contributed by atoms with Gasteiger partial charge in [0.1, 0.15) is 10.6 Å². The number of ether oxygens (including phenoxy) is 1. The second kappa shape index (κ2) is 12.8. The minimum absolute atomic E-state index is 0.241. The summed E-state index contributed by atoms with van der Waals surface area (Å²) in [4.78, 5) is 31.2. The number of nitrogens with zero attached hydrogens (tertiary/aromatic N) is 2. The number of methoxy groups -OCH3 is 1. The van der Waals surface area contributed by atoms with Crippen molar-refractivity contribution in [3.05, 3.63) is 71.1 Å². The molecule has 7 rings (SSSR count). The van der Waals surface area contributed by atoms with Gasteiger partial charge in [0, 0.05) is 17.4 Å². The Morgan fingerprint density at radius 3 is 2.31 bits per heavy atom. The first kappa shape index (κ1) is 29.7. The highest BCUT2D eigenvalue weighted by Crippen LogP contribution is 2.47. The molecule has 2 aromatic carbocycles. The predicted octanol–water partition coefficient (Wildman–Crippen LogP) is 9.88. The minimum Gasteiger partial charge on any atom is -0.497 e. The number of carbonyl (C=O) groups is 2. The Bertz CT molecular complexity index is 1860. The van der Waals surface area contributed by atoms with Crippen LogP contribution in [0.15, 0.2) is 60.7 Å². The lowest BCUT2D eigenvalue weighted by Crippen LogP contribution is -2.17. The molecule has 3 aromatic heterocycles. The standard InChI is InChI=1S/C38H40N2O4S/c1-44-30-16-12-25(13-17-30)31-18-14-27-21-28(15-19-32(27)39-31)36-35(26-10-6-3-7-11-26)37-33(22-34(45-37)38(42)43)40(36)23-29(41)20-24-8-4-2-5-9-24/h12-19,21-22,24,26H,2-11,20,23H2,1H3,(H,42,43). The van der Waals surface area contributed by atoms with Crippen LogP contribution in [-0.2, 0) is 11.3 Å². The predicted molar refractivity (Wildman–Crippen MR) is 182 cm³/mol. The summed E-state index contributed by atoms with van der Waals surface area (Å²) < 4.78 is 8.51. The van der Waals surface area contributed by atoms with Crippen LogP contribution in [0.25, 0.3) is 43.6 Å². The molecule has 45 heavy (non-hydrogen) atoms. The highest BCUT2D eigenvalue weighted by atomic mass is 32.1. The Hall–Kier alpha value is -3.97. The third-order valence-electron chi connectivity index (χ3n) is 9.92. The number of carbonyl (C=O) groups excluding carboxylic acids is 1. The van der Waals surface area contributed by atoms with E-state index in [0.29, 0.717) is 23.1 Å². The van der Waals surface area contributed by atoms with E-state index < -0.39 is 5.97 Å². The molecule has 0 spiro atoms. The minimum atomic E-state index is -0.906. The van der Waals surface area contributed by atoms with E-state index in [1.165, 1.54) is 55.4 Å². The molecule has 0 bridgehead atoms. The molecule has 232 valence electrons. The molecule has 2 aliphatic carbocycles. The molecule has 0 atom stereocenters. The number of fused-ring (bicyclic) bond motifs is 2. The van der Waals surface area contributed by atoms with E-state index in [9.17, 15) is 14.7 Å². The fraction of sp³-hybridized carbons (Fsp3) is 0.395. The normalized spacial score (nSPS) is 16.4. The third-order valence-corrected chi connectivity index (χ3v) is 11.1. The van der Waals surface area contributed by atoms with Crippen molar-refractivity contribution < 1.29 is 19.4 Å². The van der Waals surface area contributed by atoms with Gasteiger partial charge in [0.25, 0.3) is 0 Å². The topological polar surface area (TPSA) is 81.4 Å². The van der Waals surface area contributed by atoms with E-state index in [0.717, 1.165) is 75.1 Å². The Morgan fingerprint density at radius 1 is 0.889 bits per heavy atom. The number of pyridine rings is 1. The number of ketones is 1. The number of carboxylic acid groups (broad SMARTS) is 1. The highest BCUT2D eigenvalue weighted by molar-refractivity contribution is 7.21. The number of aromatic carboxylic acids is 1. The van der Waals surface area contributed by atoms with E-state index in [-0.39, 0.29) is 12.3 Å². The molecule has 7 heteroatoms. The van der Waals surface area contributed by atoms with Crippen LogP contribution in [-0.4, -0.2) is 33.5 Å². The SMILES string of the molecule is COc1ccc(-c2ccc3cc(-c4c(C5CCCCC5)c5sc(C(=O)O)cc5n4CC(=O)CC4CCCCC4)ccc3n2)cc1. The zero-order valence-corrected chi connectivity index (χ0v) is 26.7. The van der Waals surface area contributed by atoms with E-state index in [2.05, 4.69) is 34.9 Å². The molecule has 1 N–H and O–H groups in total. The quantitative estimate of drug-likeness (QED) is 0.177. The van der Waals surface area contributed by atoms with Crippen LogP contribution in [0.1, 0.15) is 91.8 Å². The van der Waals surface area contributed by atoms with Gasteiger partial charge in [-0.1, -0.05) is 63.5 Å². The molecule has 0 amide bonds. The van der Waals surface area contributed by atoms with Gasteiger partial charge >= 0.3 is 5.97 Å². The Balaban J connectivity index is 1.33. The summed E-state index contributed by atoms with van der Waals surface area (Å²) in [5, 5.41) is 11.0. The zero-order chi connectivity index (χ0) is 30.9. The van der Waals surface area contributed by atoms with Crippen molar-refractivity contribution in [2.75, 3.05) is 7.11 Å². The lowest BCUT2D eigenvalue weighted by Gasteiger charge is -2.24. The summed E-state index contributed by atoms with van der Waals surface area (Å²) in [5.41, 5.74) is 7.10. The van der Waals surface area contributed by atoms with E-state index in [1.807, 2.05) is 24.3 Å². The van der Waals surface area contributed by atoms with Crippen LogP contribution in [0.5, 0.6) is 5.75 Å². The average molecular weight is 621 g/mol. The largest absolute Gasteiger partial charge is 0.497 e. The van der Waals surface area contributed by atoms with Crippen molar-refractivity contribution in [3.63, 3.8) is 0 Å². The first-order valence-electron chi connectivity index (χ1n) is 16.4. The molecule has 6 nitrogen and oxygen atoms in total. The first-order valence-corrected chi connectivity index (χ1v) is 17.3. The van der Waals surface area contributed by atoms with Gasteiger partial charge in [0.15, 0.2) is 5.78 Å². The van der Waals surface area contributed by atoms with Crippen LogP contribution >= 0.6 is 11.3 Å². The van der Waals surface area contributed by atoms with Crippen molar-refractivity contribution in [1.29, 1.82) is 0 Å². The Labute approximate surface area is 268 Å². The van der Waals surface area contributed by atoms with Gasteiger partial charge in [-0.15, -0.1) is 11.3 Å². The number of hydrogen-bond donors (Lipinski definition) is 1. The summed E-state index contributed by atoms with van der Waals surface area (Å²) in [6.07, 6.45) is 12.3. The van der Waals surface area contributed by atoms with E-state index >= 15 is 0 Å². The molecule has 3 heterocycles. The van der Waals surface area contributed by atoms with Gasteiger partial charge in [-0.05, 0) is 84.3 Å². The molecule has 2 aliphatic rings. The highest BCUT2D eigenvalue weighted by Gasteiger charge is 2.30. The van der Waals surface area contributed by atoms with Crippen LogP contribution in [0.2, 0.25) is 0 Å². The van der Waals surface area contributed by atoms with Gasteiger partial charge in [0.2, 0.25) is 0 Å². The van der Waals surface area contributed by atoms with Crippen molar-refractivity contribution in [3.8, 4) is 28.3 Å². The Kier molecular flexibility index (Phi) is 8.45. The van der Waals surface area contributed by atoms with Crippen molar-refractivity contribution in [2.24, 2.45) is 5.92 Å². The maximum absolute atomic E-state index is 13.7. The van der Waals surface area contributed by atoms with E-state index in [4.69, 9.17) is 9.72 Å². The number of carboxylic acids is 1. The molecular weight excluding hydrogens is 580 g/mol. The monoisotopic (exact) mass is 620 g/mol. The lowest BCUT2D eigenvalue weighted by molar-refractivity contribution is -0.120. The van der Waals surface area contributed by atoms with Crippen LogP contribution < -0.4 is 4.74 Å². The fourth-order valence-electron chi connectivity index (χ4n) is 7.65. The summed E-state index contributed by atoms with van der Waals surface area (Å²) in [7, 11) is 1.67. The van der Waals surface area contributed by atoms with Gasteiger partial charge in [-0.3, -0.25) is 4.79 Å². The van der Waals surface area contributed by atoms with Crippen molar-refractivity contribution >= 4 is 44.2 Å². The Morgan fingerprint density at radius 2 is 1.60 bits per heavy atom. The summed E-state index contributed by atoms with van der Waals surface area (Å²) >= 11 is 1.37. The van der Waals surface area contributed by atoms with Crippen molar-refractivity contribution in [2.45, 2.75) is 83.1 Å². The third kappa shape index (κ3) is 6.02. The number of hydrogen-bond acceptors (Lipinski definition) is 5. The maximum atomic E-state index is 13.7. The number of benzene rings is 2. The van der Waals surface area contributed by atoms with Crippen molar-refractivity contribution in [1.82, 2.24) is 9.55 Å². The molecular formula is C38H40N2O4S. The number of rotatable bonds is 9. The molecule has 0 radical (unpaired) electrons. The fourth-order valence-corrected chi connectivity index (χ4v) is 8.77. The van der Waals surface area contributed by atoms with Gasteiger partial charge in [-0.2, -0.15) is 0 Å². The molecule has 0 unspecified atom stereocenters. The second-order valence-corrected chi connectivity index (χ2v) is 13.9. The van der Waals surface area contributed by atoms with Gasteiger partial charge in [-0.25, -0.2) is 9.78 Å². The summed E-state index contributed by atoms with van der Waals surface area (Å²) in [5.74, 6) is 0.954. The molecule has 5 aromatic rings.